The molecule has 0 radical (unpaired) electrons. The van der Waals surface area contributed by atoms with E-state index in [1.807, 2.05) is 6.92 Å². The lowest BCUT2D eigenvalue weighted by Gasteiger charge is -2.14. The lowest BCUT2D eigenvalue weighted by molar-refractivity contribution is 0.899. The first kappa shape index (κ1) is 13.4. The van der Waals surface area contributed by atoms with Gasteiger partial charge in [-0.15, -0.1) is 0 Å². The van der Waals surface area contributed by atoms with Crippen molar-refractivity contribution in [2.24, 2.45) is 0 Å². The topological polar surface area (TPSA) is 49.8 Å². The Morgan fingerprint density at radius 1 is 1.56 bits per heavy atom. The van der Waals surface area contributed by atoms with E-state index >= 15 is 0 Å². The summed E-state index contributed by atoms with van der Waals surface area (Å²) in [4.78, 5) is 8.39. The summed E-state index contributed by atoms with van der Waals surface area (Å²) < 4.78 is 0. The normalized spacial score (nSPS) is 12.2. The van der Waals surface area contributed by atoms with Crippen LogP contribution in [-0.4, -0.2) is 34.6 Å². The van der Waals surface area contributed by atoms with Crippen molar-refractivity contribution >= 4 is 35.1 Å². The van der Waals surface area contributed by atoms with Crippen molar-refractivity contribution in [3.05, 3.63) is 11.2 Å². The second kappa shape index (κ2) is 6.81. The molecule has 2 N–H and O–H groups in total. The summed E-state index contributed by atoms with van der Waals surface area (Å²) in [5.74, 6) is 2.30. The molecular weight excluding hydrogens is 244 g/mol. The Balaban J connectivity index is 2.73. The molecular formula is C10H17ClN4S. The molecule has 6 heteroatoms. The van der Waals surface area contributed by atoms with Crippen LogP contribution in [0.5, 0.6) is 0 Å². The van der Waals surface area contributed by atoms with Crippen LogP contribution in [0.15, 0.2) is 6.20 Å². The highest BCUT2D eigenvalue weighted by atomic mass is 35.5. The summed E-state index contributed by atoms with van der Waals surface area (Å²) in [5, 5.41) is 6.87. The number of anilines is 2. The van der Waals surface area contributed by atoms with Gasteiger partial charge in [0.1, 0.15) is 5.02 Å². The minimum atomic E-state index is 0.330. The zero-order valence-corrected chi connectivity index (χ0v) is 11.3. The fraction of sp³-hybridized carbons (Fsp3) is 0.600. The molecule has 0 saturated heterocycles. The van der Waals surface area contributed by atoms with Crippen molar-refractivity contribution in [1.82, 2.24) is 9.97 Å². The van der Waals surface area contributed by atoms with Crippen molar-refractivity contribution in [2.45, 2.75) is 19.9 Å². The highest BCUT2D eigenvalue weighted by Crippen LogP contribution is 2.20. The van der Waals surface area contributed by atoms with Gasteiger partial charge in [-0.3, -0.25) is 0 Å². The van der Waals surface area contributed by atoms with E-state index in [9.17, 15) is 0 Å². The van der Waals surface area contributed by atoms with E-state index in [4.69, 9.17) is 11.6 Å². The van der Waals surface area contributed by atoms with E-state index in [1.54, 1.807) is 18.0 Å². The lowest BCUT2D eigenvalue weighted by atomic mass is 10.4. The largest absolute Gasteiger partial charge is 0.365 e. The van der Waals surface area contributed by atoms with E-state index in [-0.39, 0.29) is 0 Å². The minimum absolute atomic E-state index is 0.330. The summed E-state index contributed by atoms with van der Waals surface area (Å²) in [7, 11) is 0. The molecule has 1 aromatic rings. The monoisotopic (exact) mass is 260 g/mol. The zero-order chi connectivity index (χ0) is 12.0. The van der Waals surface area contributed by atoms with Gasteiger partial charge in [0.25, 0.3) is 0 Å². The first-order chi connectivity index (χ1) is 7.67. The van der Waals surface area contributed by atoms with Gasteiger partial charge in [-0.05, 0) is 20.1 Å². The average Bonchev–Trinajstić information content (AvgIpc) is 2.24. The van der Waals surface area contributed by atoms with Crippen LogP contribution < -0.4 is 10.6 Å². The molecule has 0 aliphatic rings. The molecule has 4 nitrogen and oxygen atoms in total. The number of hydrogen-bond donors (Lipinski definition) is 2. The molecule has 0 spiro atoms. The van der Waals surface area contributed by atoms with Gasteiger partial charge >= 0.3 is 0 Å². The highest BCUT2D eigenvalue weighted by Gasteiger charge is 2.08. The molecule has 16 heavy (non-hydrogen) atoms. The Morgan fingerprint density at radius 3 is 2.94 bits per heavy atom. The summed E-state index contributed by atoms with van der Waals surface area (Å²) in [6.45, 7) is 4.89. The van der Waals surface area contributed by atoms with Gasteiger partial charge in [-0.25, -0.2) is 4.98 Å². The first-order valence-corrected chi connectivity index (χ1v) is 6.96. The molecule has 1 heterocycles. The van der Waals surface area contributed by atoms with E-state index in [0.29, 0.717) is 22.8 Å². The zero-order valence-electron chi connectivity index (χ0n) is 9.75. The number of thioether (sulfide) groups is 1. The van der Waals surface area contributed by atoms with Gasteiger partial charge in [-0.2, -0.15) is 16.7 Å². The fourth-order valence-corrected chi connectivity index (χ4v) is 1.97. The quantitative estimate of drug-likeness (QED) is 0.824. The third-order valence-corrected chi connectivity index (χ3v) is 2.99. The van der Waals surface area contributed by atoms with Crippen LogP contribution in [0.3, 0.4) is 0 Å². The van der Waals surface area contributed by atoms with Crippen molar-refractivity contribution in [1.29, 1.82) is 0 Å². The Kier molecular flexibility index (Phi) is 5.69. The van der Waals surface area contributed by atoms with Crippen LogP contribution in [-0.2, 0) is 0 Å². The number of rotatable bonds is 6. The van der Waals surface area contributed by atoms with E-state index in [1.165, 1.54) is 0 Å². The minimum Gasteiger partial charge on any atom is -0.365 e. The van der Waals surface area contributed by atoms with Gasteiger partial charge in [0.2, 0.25) is 5.95 Å². The van der Waals surface area contributed by atoms with Crippen LogP contribution in [0.4, 0.5) is 11.8 Å². The van der Waals surface area contributed by atoms with Crippen LogP contribution >= 0.6 is 23.4 Å². The molecule has 0 aliphatic carbocycles. The van der Waals surface area contributed by atoms with E-state index in [2.05, 4.69) is 33.8 Å². The second-order valence-corrected chi connectivity index (χ2v) is 4.74. The number of hydrogen-bond acceptors (Lipinski definition) is 5. The molecule has 0 aromatic carbocycles. The molecule has 90 valence electrons. The Morgan fingerprint density at radius 2 is 2.31 bits per heavy atom. The smallest absolute Gasteiger partial charge is 0.224 e. The Bertz CT molecular complexity index is 335. The summed E-state index contributed by atoms with van der Waals surface area (Å²) in [5.41, 5.74) is 0. The maximum Gasteiger partial charge on any atom is 0.224 e. The predicted octanol–water partition coefficient (Wildman–Crippen LogP) is 2.73. The standard InChI is InChI=1S/C10H17ClN4S/c1-4-12-10-13-5-8(11)9(15-10)14-7(2)6-16-3/h5,7H,4,6H2,1-3H3,(H2,12,13,14,15). The molecule has 1 atom stereocenters. The van der Waals surface area contributed by atoms with Crippen molar-refractivity contribution in [2.75, 3.05) is 29.2 Å². The SMILES string of the molecule is CCNc1ncc(Cl)c(NC(C)CSC)n1. The molecule has 0 amide bonds. The second-order valence-electron chi connectivity index (χ2n) is 3.42. The van der Waals surface area contributed by atoms with Crippen LogP contribution in [0.25, 0.3) is 0 Å². The Hall–Kier alpha value is -0.680. The third-order valence-electron chi connectivity index (χ3n) is 1.88. The van der Waals surface area contributed by atoms with Crippen LogP contribution in [0.2, 0.25) is 5.02 Å². The molecule has 0 bridgehead atoms. The van der Waals surface area contributed by atoms with E-state index in [0.717, 1.165) is 12.3 Å². The fourth-order valence-electron chi connectivity index (χ4n) is 1.24. The van der Waals surface area contributed by atoms with Crippen LogP contribution in [0.1, 0.15) is 13.8 Å². The maximum absolute atomic E-state index is 6.02. The molecule has 0 saturated carbocycles. The third kappa shape index (κ3) is 4.06. The molecule has 1 aromatic heterocycles. The molecule has 0 aliphatic heterocycles. The lowest BCUT2D eigenvalue weighted by Crippen LogP contribution is -2.19. The van der Waals surface area contributed by atoms with Gasteiger partial charge < -0.3 is 10.6 Å². The molecule has 1 rings (SSSR count). The van der Waals surface area contributed by atoms with Crippen LogP contribution in [0, 0.1) is 0 Å². The van der Waals surface area contributed by atoms with Crippen molar-refractivity contribution < 1.29 is 0 Å². The van der Waals surface area contributed by atoms with Crippen molar-refractivity contribution in [3.63, 3.8) is 0 Å². The molecule has 0 fully saturated rings. The summed E-state index contributed by atoms with van der Waals surface area (Å²) >= 11 is 7.80. The Labute approximate surface area is 106 Å². The van der Waals surface area contributed by atoms with E-state index < -0.39 is 0 Å². The van der Waals surface area contributed by atoms with Gasteiger partial charge in [0, 0.05) is 18.3 Å². The number of nitrogens with zero attached hydrogens (tertiary/aromatic N) is 2. The van der Waals surface area contributed by atoms with Crippen molar-refractivity contribution in [3.8, 4) is 0 Å². The summed E-state index contributed by atoms with van der Waals surface area (Å²) in [6.07, 6.45) is 3.69. The average molecular weight is 261 g/mol. The predicted molar refractivity (Wildman–Crippen MR) is 72.7 cm³/mol. The number of nitrogens with one attached hydrogen (secondary N) is 2. The van der Waals surface area contributed by atoms with Gasteiger partial charge in [0.15, 0.2) is 5.82 Å². The number of aromatic nitrogens is 2. The maximum atomic E-state index is 6.02. The highest BCUT2D eigenvalue weighted by molar-refractivity contribution is 7.98. The number of halogens is 1. The first-order valence-electron chi connectivity index (χ1n) is 5.19. The summed E-state index contributed by atoms with van der Waals surface area (Å²) in [6, 6.07) is 0.330. The van der Waals surface area contributed by atoms with Gasteiger partial charge in [0.05, 0.1) is 6.20 Å². The molecule has 1 unspecified atom stereocenters. The van der Waals surface area contributed by atoms with Gasteiger partial charge in [-0.1, -0.05) is 11.6 Å².